The third kappa shape index (κ3) is 2.31. The van der Waals surface area contributed by atoms with Crippen LogP contribution in [0.4, 0.5) is 10.5 Å². The quantitative estimate of drug-likeness (QED) is 0.846. The Kier molecular flexibility index (Phi) is 3.04. The van der Waals surface area contributed by atoms with Crippen molar-refractivity contribution in [1.82, 2.24) is 14.9 Å². The molecule has 20 heavy (non-hydrogen) atoms. The topological polar surface area (TPSA) is 95.4 Å². The van der Waals surface area contributed by atoms with Gasteiger partial charge < -0.3 is 15.3 Å². The predicted molar refractivity (Wildman–Crippen MR) is 70.0 cm³/mol. The lowest BCUT2D eigenvalue weighted by atomic mass is 9.91. The second-order valence-corrected chi connectivity index (χ2v) is 5.51. The van der Waals surface area contributed by atoms with Gasteiger partial charge in [-0.15, -0.1) is 0 Å². The van der Waals surface area contributed by atoms with Gasteiger partial charge in [0.2, 0.25) is 5.91 Å². The molecule has 0 bridgehead atoms. The Morgan fingerprint density at radius 3 is 2.55 bits per heavy atom. The lowest BCUT2D eigenvalue weighted by molar-refractivity contribution is -0.118. The molecule has 1 aromatic rings. The van der Waals surface area contributed by atoms with Crippen molar-refractivity contribution in [3.05, 3.63) is 18.7 Å². The molecule has 3 rings (SSSR count). The first-order valence-corrected chi connectivity index (χ1v) is 6.64. The van der Waals surface area contributed by atoms with Gasteiger partial charge in [-0.3, -0.25) is 4.79 Å². The molecule has 7 heteroatoms. The molecule has 0 unspecified atom stereocenters. The van der Waals surface area contributed by atoms with Crippen LogP contribution in [0.3, 0.4) is 0 Å². The largest absolute Gasteiger partial charge is 0.465 e. The number of carbonyl (C=O) groups excluding carboxylic acids is 1. The summed E-state index contributed by atoms with van der Waals surface area (Å²) in [6.45, 7) is 1.04. The molecule has 1 saturated heterocycles. The van der Waals surface area contributed by atoms with Crippen LogP contribution in [0.25, 0.3) is 0 Å². The van der Waals surface area contributed by atoms with Crippen molar-refractivity contribution < 1.29 is 14.7 Å². The highest BCUT2D eigenvalue weighted by atomic mass is 16.4. The van der Waals surface area contributed by atoms with Crippen LogP contribution in [0.5, 0.6) is 0 Å². The van der Waals surface area contributed by atoms with E-state index in [0.717, 1.165) is 19.3 Å². The van der Waals surface area contributed by atoms with E-state index in [1.165, 1.54) is 11.2 Å². The molecule has 0 aromatic carbocycles. The minimum Gasteiger partial charge on any atom is -0.465 e. The Labute approximate surface area is 116 Å². The number of piperidine rings is 1. The number of aromatic nitrogens is 2. The summed E-state index contributed by atoms with van der Waals surface area (Å²) in [5.41, 5.74) is 0.605. The molecule has 1 saturated carbocycles. The van der Waals surface area contributed by atoms with Gasteiger partial charge in [0, 0.05) is 19.0 Å². The van der Waals surface area contributed by atoms with E-state index in [1.54, 1.807) is 12.4 Å². The average molecular weight is 276 g/mol. The number of likely N-dealkylation sites (tertiary alicyclic amines) is 1. The number of nitrogens with one attached hydrogen (secondary N) is 1. The monoisotopic (exact) mass is 276 g/mol. The molecular formula is C13H16N4O3. The number of rotatable bonds is 2. The van der Waals surface area contributed by atoms with Gasteiger partial charge in [-0.05, 0) is 24.7 Å². The molecule has 2 amide bonds. The molecular weight excluding hydrogens is 260 g/mol. The summed E-state index contributed by atoms with van der Waals surface area (Å²) in [5.74, 6) is -0.0257. The normalized spacial score (nSPS) is 23.4. The number of hydrogen-bond acceptors (Lipinski definition) is 4. The van der Waals surface area contributed by atoms with Crippen molar-refractivity contribution >= 4 is 17.7 Å². The lowest BCUT2D eigenvalue weighted by Gasteiger charge is -2.30. The van der Waals surface area contributed by atoms with E-state index in [1.807, 2.05) is 0 Å². The van der Waals surface area contributed by atoms with Crippen LogP contribution in [0.2, 0.25) is 0 Å². The predicted octanol–water partition coefficient (Wildman–Crippen LogP) is 1.20. The standard InChI is InChI=1S/C13H16N4O3/c18-11(16-9-6-14-8-15-7-9)10-5-13(10)1-3-17(4-2-13)12(19)20/h6-8,10H,1-5H2,(H,16,18)(H,19,20)/t10-/m0/s1. The molecule has 106 valence electrons. The fraction of sp³-hybridized carbons (Fsp3) is 0.538. The number of carbonyl (C=O) groups is 2. The molecule has 2 aliphatic rings. The Balaban J connectivity index is 1.56. The van der Waals surface area contributed by atoms with Crippen LogP contribution in [0.15, 0.2) is 18.7 Å². The van der Waals surface area contributed by atoms with Crippen molar-refractivity contribution in [2.75, 3.05) is 18.4 Å². The van der Waals surface area contributed by atoms with Crippen LogP contribution in [-0.2, 0) is 4.79 Å². The average Bonchev–Trinajstić information content (AvgIpc) is 3.14. The summed E-state index contributed by atoms with van der Waals surface area (Å²) in [6.07, 6.45) is 6.05. The molecule has 7 nitrogen and oxygen atoms in total. The molecule has 1 spiro atoms. The van der Waals surface area contributed by atoms with Gasteiger partial charge in [-0.2, -0.15) is 0 Å². The Morgan fingerprint density at radius 2 is 1.95 bits per heavy atom. The lowest BCUT2D eigenvalue weighted by Crippen LogP contribution is -2.39. The highest BCUT2D eigenvalue weighted by Gasteiger charge is 2.58. The first-order valence-electron chi connectivity index (χ1n) is 6.64. The van der Waals surface area contributed by atoms with Crippen LogP contribution in [0, 0.1) is 11.3 Å². The minimum atomic E-state index is -0.872. The van der Waals surface area contributed by atoms with Gasteiger partial charge in [-0.1, -0.05) is 0 Å². The van der Waals surface area contributed by atoms with Gasteiger partial charge in [0.15, 0.2) is 0 Å². The maximum atomic E-state index is 12.2. The number of anilines is 1. The summed E-state index contributed by atoms with van der Waals surface area (Å²) in [7, 11) is 0. The molecule has 1 atom stereocenters. The summed E-state index contributed by atoms with van der Waals surface area (Å²) in [5, 5.41) is 11.7. The van der Waals surface area contributed by atoms with Crippen molar-refractivity contribution in [3.8, 4) is 0 Å². The zero-order valence-electron chi connectivity index (χ0n) is 11.0. The van der Waals surface area contributed by atoms with Crippen LogP contribution in [-0.4, -0.2) is 45.1 Å². The molecule has 2 heterocycles. The number of amides is 2. The Hall–Kier alpha value is -2.18. The fourth-order valence-electron chi connectivity index (χ4n) is 3.01. The third-order valence-electron chi connectivity index (χ3n) is 4.36. The summed E-state index contributed by atoms with van der Waals surface area (Å²) in [4.78, 5) is 32.2. The van der Waals surface area contributed by atoms with Gasteiger partial charge in [0.25, 0.3) is 0 Å². The second kappa shape index (κ2) is 4.73. The molecule has 1 aromatic heterocycles. The van der Waals surface area contributed by atoms with E-state index in [0.29, 0.717) is 18.8 Å². The maximum Gasteiger partial charge on any atom is 0.407 e. The zero-order chi connectivity index (χ0) is 14.2. The number of carboxylic acid groups (broad SMARTS) is 1. The Bertz CT molecular complexity index is 526. The maximum absolute atomic E-state index is 12.2. The van der Waals surface area contributed by atoms with Crippen molar-refractivity contribution in [3.63, 3.8) is 0 Å². The number of hydrogen-bond donors (Lipinski definition) is 2. The van der Waals surface area contributed by atoms with Gasteiger partial charge in [-0.25, -0.2) is 14.8 Å². The van der Waals surface area contributed by atoms with Crippen LogP contribution < -0.4 is 5.32 Å². The highest BCUT2D eigenvalue weighted by molar-refractivity contribution is 5.94. The van der Waals surface area contributed by atoms with Gasteiger partial charge >= 0.3 is 6.09 Å². The van der Waals surface area contributed by atoms with Gasteiger partial charge in [0.05, 0.1) is 18.1 Å². The fourth-order valence-corrected chi connectivity index (χ4v) is 3.01. The van der Waals surface area contributed by atoms with Crippen molar-refractivity contribution in [2.24, 2.45) is 11.3 Å². The smallest absolute Gasteiger partial charge is 0.407 e. The first-order chi connectivity index (χ1) is 9.61. The Morgan fingerprint density at radius 1 is 1.30 bits per heavy atom. The SMILES string of the molecule is O=C(Nc1cncnc1)[C@@H]1CC12CCN(C(=O)O)CC2. The van der Waals surface area contributed by atoms with Crippen LogP contribution in [0.1, 0.15) is 19.3 Å². The molecule has 2 N–H and O–H groups in total. The molecule has 2 fully saturated rings. The van der Waals surface area contributed by atoms with Crippen molar-refractivity contribution in [1.29, 1.82) is 0 Å². The third-order valence-corrected chi connectivity index (χ3v) is 4.36. The first kappa shape index (κ1) is 12.8. The van der Waals surface area contributed by atoms with E-state index in [-0.39, 0.29) is 17.2 Å². The van der Waals surface area contributed by atoms with E-state index in [2.05, 4.69) is 15.3 Å². The minimum absolute atomic E-state index is 0.00563. The summed E-state index contributed by atoms with van der Waals surface area (Å²) < 4.78 is 0. The molecule has 1 aliphatic carbocycles. The summed E-state index contributed by atoms with van der Waals surface area (Å²) in [6, 6.07) is 0. The number of nitrogens with zero attached hydrogens (tertiary/aromatic N) is 3. The van der Waals surface area contributed by atoms with Gasteiger partial charge in [0.1, 0.15) is 6.33 Å². The highest BCUT2D eigenvalue weighted by Crippen LogP contribution is 2.59. The van der Waals surface area contributed by atoms with Crippen LogP contribution >= 0.6 is 0 Å². The van der Waals surface area contributed by atoms with E-state index < -0.39 is 6.09 Å². The van der Waals surface area contributed by atoms with Crippen molar-refractivity contribution in [2.45, 2.75) is 19.3 Å². The summed E-state index contributed by atoms with van der Waals surface area (Å²) >= 11 is 0. The van der Waals surface area contributed by atoms with E-state index >= 15 is 0 Å². The van der Waals surface area contributed by atoms with E-state index in [9.17, 15) is 9.59 Å². The second-order valence-electron chi connectivity index (χ2n) is 5.51. The zero-order valence-corrected chi connectivity index (χ0v) is 11.0. The van der Waals surface area contributed by atoms with E-state index in [4.69, 9.17) is 5.11 Å². The molecule has 1 aliphatic heterocycles. The molecule has 0 radical (unpaired) electrons.